The Morgan fingerprint density at radius 2 is 2.12 bits per heavy atom. The third-order valence-electron chi connectivity index (χ3n) is 2.63. The van der Waals surface area contributed by atoms with Gasteiger partial charge < -0.3 is 9.52 Å². The Hall–Kier alpha value is -1.77. The van der Waals surface area contributed by atoms with Crippen molar-refractivity contribution in [3.8, 4) is 5.75 Å². The highest BCUT2D eigenvalue weighted by molar-refractivity contribution is 5.84. The van der Waals surface area contributed by atoms with Gasteiger partial charge >= 0.3 is 5.63 Å². The largest absolute Gasteiger partial charge is 0.507 e. The molecule has 84 valence electrons. The van der Waals surface area contributed by atoms with E-state index in [0.29, 0.717) is 23.0 Å². The number of rotatable bonds is 2. The molecular formula is C13H14O3. The van der Waals surface area contributed by atoms with Crippen molar-refractivity contribution in [2.24, 2.45) is 0 Å². The van der Waals surface area contributed by atoms with Gasteiger partial charge in [-0.1, -0.05) is 25.0 Å². The van der Waals surface area contributed by atoms with Crippen LogP contribution in [0, 0.1) is 6.92 Å². The third-order valence-corrected chi connectivity index (χ3v) is 2.63. The first-order valence-electron chi connectivity index (χ1n) is 5.38. The zero-order valence-electron chi connectivity index (χ0n) is 9.41. The molecule has 0 bridgehead atoms. The highest BCUT2D eigenvalue weighted by atomic mass is 16.4. The zero-order chi connectivity index (χ0) is 11.7. The fraction of sp³-hybridized carbons (Fsp3) is 0.308. The summed E-state index contributed by atoms with van der Waals surface area (Å²) in [6.07, 6.45) is 1.34. The van der Waals surface area contributed by atoms with Crippen LogP contribution in [0.5, 0.6) is 5.75 Å². The average molecular weight is 218 g/mol. The lowest BCUT2D eigenvalue weighted by atomic mass is 10.1. The average Bonchev–Trinajstić information content (AvgIpc) is 2.26. The van der Waals surface area contributed by atoms with Crippen molar-refractivity contribution in [3.63, 3.8) is 0 Å². The van der Waals surface area contributed by atoms with Gasteiger partial charge in [0.05, 0.1) is 10.9 Å². The van der Waals surface area contributed by atoms with Crippen LogP contribution in [-0.4, -0.2) is 5.11 Å². The number of fused-ring (bicyclic) bond motifs is 1. The fourth-order valence-electron chi connectivity index (χ4n) is 1.81. The molecule has 0 saturated heterocycles. The smallest absolute Gasteiger partial charge is 0.343 e. The molecular weight excluding hydrogens is 204 g/mol. The lowest BCUT2D eigenvalue weighted by molar-refractivity contribution is 0.456. The molecule has 0 aliphatic carbocycles. The van der Waals surface area contributed by atoms with Crippen LogP contribution in [-0.2, 0) is 6.42 Å². The molecule has 0 spiro atoms. The van der Waals surface area contributed by atoms with Gasteiger partial charge in [0.1, 0.15) is 11.3 Å². The van der Waals surface area contributed by atoms with Crippen LogP contribution < -0.4 is 5.63 Å². The molecule has 2 rings (SSSR count). The van der Waals surface area contributed by atoms with E-state index in [1.807, 2.05) is 26.0 Å². The Morgan fingerprint density at radius 1 is 1.38 bits per heavy atom. The molecule has 0 fully saturated rings. The van der Waals surface area contributed by atoms with E-state index in [0.717, 1.165) is 12.0 Å². The first-order chi connectivity index (χ1) is 7.63. The lowest BCUT2D eigenvalue weighted by Gasteiger charge is -2.05. The number of aryl methyl sites for hydroxylation is 1. The van der Waals surface area contributed by atoms with Crippen LogP contribution in [0.15, 0.2) is 27.4 Å². The fourth-order valence-corrected chi connectivity index (χ4v) is 1.81. The highest BCUT2D eigenvalue weighted by Gasteiger charge is 2.12. The van der Waals surface area contributed by atoms with Gasteiger partial charge in [0.15, 0.2) is 0 Å². The second-order valence-electron chi connectivity index (χ2n) is 3.97. The van der Waals surface area contributed by atoms with Gasteiger partial charge in [-0.2, -0.15) is 0 Å². The van der Waals surface area contributed by atoms with Crippen molar-refractivity contribution in [1.29, 1.82) is 0 Å². The minimum atomic E-state index is -0.435. The van der Waals surface area contributed by atoms with Crippen LogP contribution in [0.3, 0.4) is 0 Å². The summed E-state index contributed by atoms with van der Waals surface area (Å²) in [6.45, 7) is 3.89. The van der Waals surface area contributed by atoms with E-state index in [2.05, 4.69) is 0 Å². The molecule has 1 N–H and O–H groups in total. The lowest BCUT2D eigenvalue weighted by Crippen LogP contribution is -2.07. The Bertz CT molecular complexity index is 581. The Morgan fingerprint density at radius 3 is 2.81 bits per heavy atom. The number of benzene rings is 1. The maximum absolute atomic E-state index is 11.6. The van der Waals surface area contributed by atoms with Gasteiger partial charge in [-0.15, -0.1) is 0 Å². The van der Waals surface area contributed by atoms with E-state index in [1.54, 1.807) is 6.07 Å². The van der Waals surface area contributed by atoms with E-state index in [-0.39, 0.29) is 5.75 Å². The SMILES string of the molecule is CCCc1c(O)c2cc(C)ccc2oc1=O. The van der Waals surface area contributed by atoms with Crippen molar-refractivity contribution in [2.45, 2.75) is 26.7 Å². The van der Waals surface area contributed by atoms with Crippen molar-refractivity contribution >= 4 is 11.0 Å². The molecule has 3 heteroatoms. The van der Waals surface area contributed by atoms with Crippen molar-refractivity contribution in [1.82, 2.24) is 0 Å². The van der Waals surface area contributed by atoms with E-state index in [4.69, 9.17) is 4.42 Å². The van der Waals surface area contributed by atoms with Crippen LogP contribution in [0.2, 0.25) is 0 Å². The van der Waals surface area contributed by atoms with Gasteiger partial charge in [-0.3, -0.25) is 0 Å². The summed E-state index contributed by atoms with van der Waals surface area (Å²) in [4.78, 5) is 11.6. The molecule has 0 saturated carbocycles. The van der Waals surface area contributed by atoms with Crippen molar-refractivity contribution < 1.29 is 9.52 Å². The molecule has 1 heterocycles. The number of aromatic hydroxyl groups is 1. The first-order valence-corrected chi connectivity index (χ1v) is 5.38. The maximum Gasteiger partial charge on any atom is 0.343 e. The molecule has 1 aromatic carbocycles. The van der Waals surface area contributed by atoms with Gasteiger partial charge in [-0.05, 0) is 25.5 Å². The van der Waals surface area contributed by atoms with Crippen LogP contribution in [0.25, 0.3) is 11.0 Å². The summed E-state index contributed by atoms with van der Waals surface area (Å²) in [6, 6.07) is 5.39. The van der Waals surface area contributed by atoms with E-state index < -0.39 is 5.63 Å². The molecule has 16 heavy (non-hydrogen) atoms. The predicted octanol–water partition coefficient (Wildman–Crippen LogP) is 2.76. The summed E-state index contributed by atoms with van der Waals surface area (Å²) >= 11 is 0. The Balaban J connectivity index is 2.79. The summed E-state index contributed by atoms with van der Waals surface area (Å²) in [5.41, 5.74) is 1.41. The van der Waals surface area contributed by atoms with E-state index >= 15 is 0 Å². The second-order valence-corrected chi connectivity index (χ2v) is 3.97. The summed E-state index contributed by atoms with van der Waals surface area (Å²) < 4.78 is 5.17. The highest BCUT2D eigenvalue weighted by Crippen LogP contribution is 2.27. The molecule has 0 amide bonds. The summed E-state index contributed by atoms with van der Waals surface area (Å²) in [7, 11) is 0. The van der Waals surface area contributed by atoms with Gasteiger partial charge in [0, 0.05) is 0 Å². The van der Waals surface area contributed by atoms with Gasteiger partial charge in [-0.25, -0.2) is 4.79 Å². The molecule has 3 nitrogen and oxygen atoms in total. The molecule has 0 aliphatic rings. The molecule has 0 aliphatic heterocycles. The maximum atomic E-state index is 11.6. The Kier molecular flexibility index (Phi) is 2.69. The van der Waals surface area contributed by atoms with Crippen LogP contribution >= 0.6 is 0 Å². The minimum absolute atomic E-state index is 0.0665. The molecule has 2 aromatic rings. The molecule has 0 unspecified atom stereocenters. The first kappa shape index (κ1) is 10.7. The summed E-state index contributed by atoms with van der Waals surface area (Å²) in [5.74, 6) is 0.0665. The normalized spacial score (nSPS) is 10.9. The van der Waals surface area contributed by atoms with E-state index in [9.17, 15) is 9.90 Å². The quantitative estimate of drug-likeness (QED) is 0.788. The predicted molar refractivity (Wildman–Crippen MR) is 62.9 cm³/mol. The van der Waals surface area contributed by atoms with Crippen LogP contribution in [0.1, 0.15) is 24.5 Å². The van der Waals surface area contributed by atoms with Crippen LogP contribution in [0.4, 0.5) is 0 Å². The van der Waals surface area contributed by atoms with Gasteiger partial charge in [0.25, 0.3) is 0 Å². The number of hydrogen-bond donors (Lipinski definition) is 1. The Labute approximate surface area is 93.3 Å². The van der Waals surface area contributed by atoms with Crippen molar-refractivity contribution in [3.05, 3.63) is 39.7 Å². The minimum Gasteiger partial charge on any atom is -0.507 e. The summed E-state index contributed by atoms with van der Waals surface area (Å²) in [5, 5.41) is 10.6. The number of hydrogen-bond acceptors (Lipinski definition) is 3. The molecule has 1 aromatic heterocycles. The topological polar surface area (TPSA) is 50.4 Å². The zero-order valence-corrected chi connectivity index (χ0v) is 9.41. The standard InChI is InChI=1S/C13H14O3/c1-3-4-9-12(14)10-7-8(2)5-6-11(10)16-13(9)15/h5-7,14H,3-4H2,1-2H3. The molecule has 0 atom stereocenters. The second kappa shape index (κ2) is 4.00. The third kappa shape index (κ3) is 1.69. The molecule has 0 radical (unpaired) electrons. The van der Waals surface area contributed by atoms with Gasteiger partial charge in [0.2, 0.25) is 0 Å². The van der Waals surface area contributed by atoms with E-state index in [1.165, 1.54) is 0 Å². The van der Waals surface area contributed by atoms with Crippen molar-refractivity contribution in [2.75, 3.05) is 0 Å². The monoisotopic (exact) mass is 218 g/mol.